The van der Waals surface area contributed by atoms with E-state index in [1.54, 1.807) is 0 Å². The Balaban J connectivity index is 1.58. The molecule has 2 aliphatic heterocycles. The molecule has 0 aliphatic carbocycles. The van der Waals surface area contributed by atoms with Crippen molar-refractivity contribution in [2.75, 3.05) is 32.8 Å². The molecule has 0 unspecified atom stereocenters. The molecule has 1 aromatic rings. The molecule has 10 heteroatoms. The molecule has 1 aromatic carbocycles. The SMILES string of the molecule is CCC[C@H]1NC(=O)N(CN2CCN(S(=O)(=O)c3ccc(F)cc3)CC2)C1=O. The molecule has 27 heavy (non-hydrogen) atoms. The van der Waals surface area contributed by atoms with E-state index in [9.17, 15) is 22.4 Å². The van der Waals surface area contributed by atoms with E-state index < -0.39 is 27.9 Å². The zero-order valence-electron chi connectivity index (χ0n) is 15.1. The number of hydrogen-bond acceptors (Lipinski definition) is 5. The fourth-order valence-electron chi connectivity index (χ4n) is 3.26. The number of sulfonamides is 1. The Labute approximate surface area is 158 Å². The van der Waals surface area contributed by atoms with Crippen LogP contribution in [0.1, 0.15) is 19.8 Å². The summed E-state index contributed by atoms with van der Waals surface area (Å²) in [5, 5.41) is 2.68. The average molecular weight is 398 g/mol. The van der Waals surface area contributed by atoms with Gasteiger partial charge in [0.1, 0.15) is 11.9 Å². The minimum absolute atomic E-state index is 0.0499. The summed E-state index contributed by atoms with van der Waals surface area (Å²) in [6, 6.07) is 3.86. The number of nitrogens with zero attached hydrogens (tertiary/aromatic N) is 3. The minimum atomic E-state index is -3.69. The van der Waals surface area contributed by atoms with Crippen LogP contribution in [0.3, 0.4) is 0 Å². The zero-order chi connectivity index (χ0) is 19.6. The number of imide groups is 1. The summed E-state index contributed by atoms with van der Waals surface area (Å²) in [5.74, 6) is -0.725. The van der Waals surface area contributed by atoms with Gasteiger partial charge in [-0.25, -0.2) is 22.5 Å². The number of amides is 3. The quantitative estimate of drug-likeness (QED) is 0.717. The number of carbonyl (C=O) groups excluding carboxylic acids is 2. The van der Waals surface area contributed by atoms with Crippen molar-refractivity contribution >= 4 is 22.0 Å². The predicted octanol–water partition coefficient (Wildman–Crippen LogP) is 0.810. The summed E-state index contributed by atoms with van der Waals surface area (Å²) in [4.78, 5) is 27.4. The Morgan fingerprint density at radius 3 is 2.33 bits per heavy atom. The number of hydrogen-bond donors (Lipinski definition) is 1. The highest BCUT2D eigenvalue weighted by molar-refractivity contribution is 7.89. The van der Waals surface area contributed by atoms with Crippen LogP contribution in [0.4, 0.5) is 9.18 Å². The number of carbonyl (C=O) groups is 2. The lowest BCUT2D eigenvalue weighted by Crippen LogP contribution is -2.52. The van der Waals surface area contributed by atoms with Gasteiger partial charge in [0.15, 0.2) is 0 Å². The van der Waals surface area contributed by atoms with Gasteiger partial charge in [0.05, 0.1) is 11.6 Å². The molecule has 1 atom stereocenters. The normalized spacial score (nSPS) is 22.3. The van der Waals surface area contributed by atoms with Gasteiger partial charge < -0.3 is 5.32 Å². The molecule has 3 amide bonds. The maximum Gasteiger partial charge on any atom is 0.325 e. The van der Waals surface area contributed by atoms with Crippen LogP contribution in [0, 0.1) is 5.82 Å². The molecule has 8 nitrogen and oxygen atoms in total. The molecular weight excluding hydrogens is 375 g/mol. The fourth-order valence-corrected chi connectivity index (χ4v) is 4.68. The lowest BCUT2D eigenvalue weighted by Gasteiger charge is -2.35. The first-order valence-corrected chi connectivity index (χ1v) is 10.4. The highest BCUT2D eigenvalue weighted by Crippen LogP contribution is 2.19. The van der Waals surface area contributed by atoms with Crippen LogP contribution in [-0.4, -0.2) is 73.4 Å². The van der Waals surface area contributed by atoms with Crippen LogP contribution in [-0.2, 0) is 14.8 Å². The van der Waals surface area contributed by atoms with E-state index >= 15 is 0 Å². The van der Waals surface area contributed by atoms with E-state index in [0.29, 0.717) is 19.5 Å². The van der Waals surface area contributed by atoms with Crippen molar-refractivity contribution in [2.24, 2.45) is 0 Å². The second kappa shape index (κ2) is 7.91. The monoisotopic (exact) mass is 398 g/mol. The summed E-state index contributed by atoms with van der Waals surface area (Å²) in [6.45, 7) is 3.37. The Hall–Kier alpha value is -2.04. The van der Waals surface area contributed by atoms with Crippen LogP contribution in [0.2, 0.25) is 0 Å². The maximum atomic E-state index is 13.0. The molecule has 2 saturated heterocycles. The Kier molecular flexibility index (Phi) is 5.78. The highest BCUT2D eigenvalue weighted by Gasteiger charge is 2.39. The number of nitrogens with one attached hydrogen (secondary N) is 1. The molecule has 3 rings (SSSR count). The molecule has 0 saturated carbocycles. The lowest BCUT2D eigenvalue weighted by atomic mass is 10.2. The number of benzene rings is 1. The van der Waals surface area contributed by atoms with Crippen LogP contribution >= 0.6 is 0 Å². The van der Waals surface area contributed by atoms with Crippen molar-refractivity contribution in [3.05, 3.63) is 30.1 Å². The third kappa shape index (κ3) is 4.12. The van der Waals surface area contributed by atoms with Gasteiger partial charge in [-0.1, -0.05) is 13.3 Å². The van der Waals surface area contributed by atoms with E-state index in [1.807, 2.05) is 11.8 Å². The first kappa shape index (κ1) is 19.7. The van der Waals surface area contributed by atoms with Gasteiger partial charge in [-0.3, -0.25) is 9.69 Å². The van der Waals surface area contributed by atoms with Crippen molar-refractivity contribution in [3.63, 3.8) is 0 Å². The zero-order valence-corrected chi connectivity index (χ0v) is 15.9. The molecule has 148 valence electrons. The van der Waals surface area contributed by atoms with Crippen molar-refractivity contribution in [3.8, 4) is 0 Å². The van der Waals surface area contributed by atoms with Gasteiger partial charge in [-0.05, 0) is 30.7 Å². The number of urea groups is 1. The van der Waals surface area contributed by atoms with Gasteiger partial charge in [-0.15, -0.1) is 0 Å². The molecular formula is C17H23FN4O4S. The lowest BCUT2D eigenvalue weighted by molar-refractivity contribution is -0.129. The molecule has 2 fully saturated rings. The summed E-state index contributed by atoms with van der Waals surface area (Å²) in [6.07, 6.45) is 1.40. The second-order valence-corrected chi connectivity index (χ2v) is 8.61. The topological polar surface area (TPSA) is 90.0 Å². The summed E-state index contributed by atoms with van der Waals surface area (Å²) in [5.41, 5.74) is 0. The van der Waals surface area contributed by atoms with Gasteiger partial charge in [-0.2, -0.15) is 4.31 Å². The molecule has 0 aromatic heterocycles. The minimum Gasteiger partial charge on any atom is -0.326 e. The second-order valence-electron chi connectivity index (χ2n) is 6.67. The van der Waals surface area contributed by atoms with Gasteiger partial charge in [0.25, 0.3) is 5.91 Å². The third-order valence-corrected chi connectivity index (χ3v) is 6.72. The highest BCUT2D eigenvalue weighted by atomic mass is 32.2. The van der Waals surface area contributed by atoms with Crippen LogP contribution in [0.25, 0.3) is 0 Å². The standard InChI is InChI=1S/C17H23FN4O4S/c1-2-3-15-16(23)22(17(24)19-15)12-20-8-10-21(11-9-20)27(25,26)14-6-4-13(18)5-7-14/h4-7,15H,2-3,8-12H2,1H3,(H,19,24)/t15-/m1/s1. The third-order valence-electron chi connectivity index (χ3n) is 4.81. The van der Waals surface area contributed by atoms with Crippen molar-refractivity contribution < 1.29 is 22.4 Å². The predicted molar refractivity (Wildman–Crippen MR) is 95.7 cm³/mol. The van der Waals surface area contributed by atoms with Crippen molar-refractivity contribution in [1.29, 1.82) is 0 Å². The van der Waals surface area contributed by atoms with E-state index in [0.717, 1.165) is 18.6 Å². The molecule has 0 radical (unpaired) electrons. The largest absolute Gasteiger partial charge is 0.326 e. The van der Waals surface area contributed by atoms with Crippen LogP contribution in [0.15, 0.2) is 29.2 Å². The van der Waals surface area contributed by atoms with Crippen molar-refractivity contribution in [2.45, 2.75) is 30.7 Å². The molecule has 0 bridgehead atoms. The van der Waals surface area contributed by atoms with Crippen LogP contribution < -0.4 is 5.32 Å². The molecule has 2 aliphatic rings. The Morgan fingerprint density at radius 1 is 1.11 bits per heavy atom. The number of piperazine rings is 1. The van der Waals surface area contributed by atoms with E-state index in [2.05, 4.69) is 5.32 Å². The maximum absolute atomic E-state index is 13.0. The summed E-state index contributed by atoms with van der Waals surface area (Å²) in [7, 11) is -3.69. The van der Waals surface area contributed by atoms with E-state index in [1.165, 1.54) is 21.3 Å². The van der Waals surface area contributed by atoms with Gasteiger partial charge in [0.2, 0.25) is 10.0 Å². The smallest absolute Gasteiger partial charge is 0.325 e. The number of halogens is 1. The molecule has 1 N–H and O–H groups in total. The fraction of sp³-hybridized carbons (Fsp3) is 0.529. The number of rotatable bonds is 6. The van der Waals surface area contributed by atoms with Gasteiger partial charge in [0, 0.05) is 26.2 Å². The Morgan fingerprint density at radius 2 is 1.74 bits per heavy atom. The summed E-state index contributed by atoms with van der Waals surface area (Å²) >= 11 is 0. The average Bonchev–Trinajstić information content (AvgIpc) is 2.90. The van der Waals surface area contributed by atoms with E-state index in [4.69, 9.17) is 0 Å². The Bertz CT molecular complexity index is 807. The molecule has 0 spiro atoms. The summed E-state index contributed by atoms with van der Waals surface area (Å²) < 4.78 is 39.6. The van der Waals surface area contributed by atoms with Crippen molar-refractivity contribution in [1.82, 2.24) is 19.4 Å². The van der Waals surface area contributed by atoms with Gasteiger partial charge >= 0.3 is 6.03 Å². The first-order valence-electron chi connectivity index (χ1n) is 8.93. The van der Waals surface area contributed by atoms with Crippen LogP contribution in [0.5, 0.6) is 0 Å². The first-order chi connectivity index (χ1) is 12.8. The molecule has 2 heterocycles. The van der Waals surface area contributed by atoms with E-state index in [-0.39, 0.29) is 30.6 Å².